The van der Waals surface area contributed by atoms with Crippen LogP contribution in [-0.4, -0.2) is 12.0 Å². The molecule has 188 valence electrons. The number of anilines is 1. The van der Waals surface area contributed by atoms with Crippen molar-refractivity contribution in [3.63, 3.8) is 0 Å². The van der Waals surface area contributed by atoms with Crippen LogP contribution in [0, 0.1) is 0 Å². The highest BCUT2D eigenvalue weighted by molar-refractivity contribution is 7.09. The zero-order chi connectivity index (χ0) is 25.2. The van der Waals surface area contributed by atoms with Gasteiger partial charge in [0.1, 0.15) is 5.01 Å². The Hall–Kier alpha value is -2.95. The van der Waals surface area contributed by atoms with E-state index < -0.39 is 0 Å². The fourth-order valence-corrected chi connectivity index (χ4v) is 5.53. The molecule has 0 aliphatic rings. The average molecular weight is 498 g/mol. The largest absolute Gasteiger partial charge is 0.370 e. The maximum atomic E-state index is 4.84. The topological polar surface area (TPSA) is 28.2 Å². The van der Waals surface area contributed by atoms with Crippen molar-refractivity contribution in [1.29, 1.82) is 0 Å². The molecule has 0 fully saturated rings. The molecular weight excluding hydrogens is 458 g/mol. The number of nitrogens with one attached hydrogen (secondary N) is 1. The molecule has 0 amide bonds. The van der Waals surface area contributed by atoms with Gasteiger partial charge >= 0.3 is 0 Å². The Bertz CT molecular complexity index is 1160. The number of aromatic nitrogens is 1. The molecule has 1 N–H and O–H groups in total. The molecular formula is C32H39N3S. The fraction of sp³-hybridized carbons (Fsp3) is 0.344. The van der Waals surface area contributed by atoms with E-state index in [0.717, 1.165) is 30.3 Å². The van der Waals surface area contributed by atoms with Gasteiger partial charge in [-0.2, -0.15) is 0 Å². The van der Waals surface area contributed by atoms with Crippen molar-refractivity contribution in [3.8, 4) is 11.3 Å². The minimum absolute atomic E-state index is 0.699. The monoisotopic (exact) mass is 497 g/mol. The van der Waals surface area contributed by atoms with Crippen molar-refractivity contribution in [2.75, 3.05) is 11.9 Å². The van der Waals surface area contributed by atoms with E-state index >= 15 is 0 Å². The summed E-state index contributed by atoms with van der Waals surface area (Å²) in [7, 11) is 2.17. The summed E-state index contributed by atoms with van der Waals surface area (Å²) in [6.45, 7) is 7.12. The molecule has 3 nitrogen and oxygen atoms in total. The molecule has 4 heteroatoms. The van der Waals surface area contributed by atoms with Gasteiger partial charge in [0.05, 0.1) is 5.69 Å². The molecule has 0 radical (unpaired) electrons. The molecule has 36 heavy (non-hydrogen) atoms. The summed E-state index contributed by atoms with van der Waals surface area (Å²) < 4.78 is 0. The molecule has 0 unspecified atom stereocenters. The standard InChI is InChI=1S/C32H39N3S/c1-4-9-27(10-5-2)28-15-13-26(14-16-28)23-35(3)30-19-17-29(18-20-30)31-24-36-32(34-31)22-33-21-25-11-7-6-8-12-25/h6-8,11-20,24,27,33H,4-5,9-10,21-23H2,1-3H3. The van der Waals surface area contributed by atoms with Gasteiger partial charge in [0, 0.05) is 43.3 Å². The second-order valence-electron chi connectivity index (χ2n) is 9.63. The number of benzene rings is 3. The lowest BCUT2D eigenvalue weighted by molar-refractivity contribution is 0.561. The molecule has 1 heterocycles. The fourth-order valence-electron chi connectivity index (χ4n) is 4.76. The minimum Gasteiger partial charge on any atom is -0.370 e. The third kappa shape index (κ3) is 7.28. The van der Waals surface area contributed by atoms with E-state index in [0.29, 0.717) is 5.92 Å². The van der Waals surface area contributed by atoms with E-state index in [1.54, 1.807) is 11.3 Å². The normalized spacial score (nSPS) is 11.2. The van der Waals surface area contributed by atoms with Gasteiger partial charge in [-0.15, -0.1) is 11.3 Å². The summed E-state index contributed by atoms with van der Waals surface area (Å²) in [4.78, 5) is 7.16. The molecule has 0 bridgehead atoms. The van der Waals surface area contributed by atoms with Gasteiger partial charge in [-0.25, -0.2) is 4.98 Å². The molecule has 0 saturated carbocycles. The maximum Gasteiger partial charge on any atom is 0.107 e. The Morgan fingerprint density at radius 2 is 1.50 bits per heavy atom. The Kier molecular flexibility index (Phi) is 9.71. The van der Waals surface area contributed by atoms with Gasteiger partial charge in [-0.05, 0) is 47.6 Å². The van der Waals surface area contributed by atoms with Crippen molar-refractivity contribution in [2.45, 2.75) is 65.1 Å². The first-order chi connectivity index (χ1) is 17.7. The zero-order valence-electron chi connectivity index (χ0n) is 21.9. The number of rotatable bonds is 13. The minimum atomic E-state index is 0.699. The van der Waals surface area contributed by atoms with Gasteiger partial charge in [0.25, 0.3) is 0 Å². The first-order valence-electron chi connectivity index (χ1n) is 13.3. The SMILES string of the molecule is CCCC(CCC)c1ccc(CN(C)c2ccc(-c3csc(CNCc4ccccc4)n3)cc2)cc1. The Morgan fingerprint density at radius 3 is 2.17 bits per heavy atom. The molecule has 0 spiro atoms. The van der Waals surface area contributed by atoms with Crippen molar-refractivity contribution >= 4 is 17.0 Å². The summed E-state index contributed by atoms with van der Waals surface area (Å²) >= 11 is 1.72. The lowest BCUT2D eigenvalue weighted by atomic mass is 9.90. The van der Waals surface area contributed by atoms with Crippen molar-refractivity contribution < 1.29 is 0 Å². The van der Waals surface area contributed by atoms with Crippen LogP contribution in [0.25, 0.3) is 11.3 Å². The number of hydrogen-bond donors (Lipinski definition) is 1. The van der Waals surface area contributed by atoms with Gasteiger partial charge in [-0.3, -0.25) is 0 Å². The lowest BCUT2D eigenvalue weighted by Gasteiger charge is -2.21. The van der Waals surface area contributed by atoms with E-state index in [1.165, 1.54) is 53.6 Å². The van der Waals surface area contributed by atoms with Gasteiger partial charge in [0.15, 0.2) is 0 Å². The number of hydrogen-bond acceptors (Lipinski definition) is 4. The quantitative estimate of drug-likeness (QED) is 0.201. The molecule has 0 aliphatic carbocycles. The Labute approximate surface area is 221 Å². The van der Waals surface area contributed by atoms with Crippen LogP contribution in [0.4, 0.5) is 5.69 Å². The van der Waals surface area contributed by atoms with Crippen LogP contribution in [0.15, 0.2) is 84.2 Å². The van der Waals surface area contributed by atoms with Crippen molar-refractivity contribution in [3.05, 3.63) is 106 Å². The van der Waals surface area contributed by atoms with E-state index in [9.17, 15) is 0 Å². The second kappa shape index (κ2) is 13.4. The summed E-state index contributed by atoms with van der Waals surface area (Å²) in [5.41, 5.74) is 7.58. The summed E-state index contributed by atoms with van der Waals surface area (Å²) in [6.07, 6.45) is 5.06. The molecule has 3 aromatic carbocycles. The van der Waals surface area contributed by atoms with Crippen LogP contribution in [0.1, 0.15) is 67.1 Å². The van der Waals surface area contributed by atoms with Gasteiger partial charge in [0.2, 0.25) is 0 Å². The van der Waals surface area contributed by atoms with E-state index in [4.69, 9.17) is 4.98 Å². The zero-order valence-corrected chi connectivity index (χ0v) is 22.7. The lowest BCUT2D eigenvalue weighted by Crippen LogP contribution is -2.16. The highest BCUT2D eigenvalue weighted by Gasteiger charge is 2.11. The first-order valence-corrected chi connectivity index (χ1v) is 14.1. The summed E-state index contributed by atoms with van der Waals surface area (Å²) in [5, 5.41) is 6.77. The Balaban J connectivity index is 1.31. The molecule has 0 aliphatic heterocycles. The third-order valence-electron chi connectivity index (χ3n) is 6.75. The molecule has 4 rings (SSSR count). The van der Waals surface area contributed by atoms with Crippen LogP contribution in [0.5, 0.6) is 0 Å². The van der Waals surface area contributed by atoms with Crippen molar-refractivity contribution in [1.82, 2.24) is 10.3 Å². The van der Waals surface area contributed by atoms with Crippen LogP contribution in [0.2, 0.25) is 0 Å². The summed E-state index contributed by atoms with van der Waals surface area (Å²) in [6, 6.07) is 28.6. The van der Waals surface area contributed by atoms with Crippen molar-refractivity contribution in [2.24, 2.45) is 0 Å². The van der Waals surface area contributed by atoms with Gasteiger partial charge < -0.3 is 10.2 Å². The Morgan fingerprint density at radius 1 is 0.806 bits per heavy atom. The molecule has 0 atom stereocenters. The number of nitrogens with zero attached hydrogens (tertiary/aromatic N) is 2. The highest BCUT2D eigenvalue weighted by Crippen LogP contribution is 2.28. The molecule has 0 saturated heterocycles. The molecule has 1 aromatic heterocycles. The second-order valence-corrected chi connectivity index (χ2v) is 10.6. The number of thiazole rings is 1. The van der Waals surface area contributed by atoms with Crippen LogP contribution < -0.4 is 10.2 Å². The smallest absolute Gasteiger partial charge is 0.107 e. The third-order valence-corrected chi connectivity index (χ3v) is 7.60. The average Bonchev–Trinajstić information content (AvgIpc) is 3.39. The summed E-state index contributed by atoms with van der Waals surface area (Å²) in [5.74, 6) is 0.699. The van der Waals surface area contributed by atoms with Crippen LogP contribution in [-0.2, 0) is 19.6 Å². The van der Waals surface area contributed by atoms with Crippen LogP contribution in [0.3, 0.4) is 0 Å². The predicted octanol–water partition coefficient (Wildman–Crippen LogP) is 8.42. The van der Waals surface area contributed by atoms with E-state index in [2.05, 4.69) is 109 Å². The highest BCUT2D eigenvalue weighted by atomic mass is 32.1. The molecule has 4 aromatic rings. The maximum absolute atomic E-state index is 4.84. The van der Waals surface area contributed by atoms with E-state index in [1.807, 2.05) is 6.07 Å². The van der Waals surface area contributed by atoms with Crippen LogP contribution >= 0.6 is 11.3 Å². The first kappa shape index (κ1) is 26.1. The van der Waals surface area contributed by atoms with Gasteiger partial charge in [-0.1, -0.05) is 93.4 Å². The van der Waals surface area contributed by atoms with E-state index in [-0.39, 0.29) is 0 Å². The predicted molar refractivity (Wildman–Crippen MR) is 156 cm³/mol.